The van der Waals surface area contributed by atoms with Crippen molar-refractivity contribution in [3.05, 3.63) is 24.3 Å². The van der Waals surface area contributed by atoms with Crippen molar-refractivity contribution < 1.29 is 64.6 Å². The molecule has 12 unspecified atom stereocenters. The molecule has 0 radical (unpaired) electrons. The first-order valence-corrected chi connectivity index (χ1v) is 24.6. The van der Waals surface area contributed by atoms with Crippen LogP contribution in [0.15, 0.2) is 24.3 Å². The lowest BCUT2D eigenvalue weighted by Crippen LogP contribution is -2.65. The molecule has 9 N–H and O–H groups in total. The number of allylic oxidation sites excluding steroid dienone is 3. The molecule has 0 saturated carbocycles. The van der Waals surface area contributed by atoms with Gasteiger partial charge in [0.25, 0.3) is 0 Å². The molecule has 364 valence electrons. The number of aliphatic hydroxyl groups is 8. The van der Waals surface area contributed by atoms with Gasteiger partial charge in [-0.1, -0.05) is 173 Å². The molecule has 12 atom stereocenters. The number of amides is 1. The van der Waals surface area contributed by atoms with E-state index in [1.54, 1.807) is 6.08 Å². The van der Waals surface area contributed by atoms with E-state index in [2.05, 4.69) is 31.3 Å². The minimum absolute atomic E-state index is 0.252. The van der Waals surface area contributed by atoms with E-state index in [9.17, 15) is 45.6 Å². The number of aliphatic hydroxyl groups excluding tert-OH is 8. The summed E-state index contributed by atoms with van der Waals surface area (Å²) < 4.78 is 22.6. The second kappa shape index (κ2) is 35.7. The highest BCUT2D eigenvalue weighted by atomic mass is 16.7. The maximum absolute atomic E-state index is 13.1. The van der Waals surface area contributed by atoms with Crippen LogP contribution in [0, 0.1) is 0 Å². The predicted octanol–water partition coefficient (Wildman–Crippen LogP) is 5.77. The van der Waals surface area contributed by atoms with Gasteiger partial charge in [0.05, 0.1) is 32.0 Å². The number of carbonyl (C=O) groups is 1. The van der Waals surface area contributed by atoms with Crippen molar-refractivity contribution in [1.82, 2.24) is 5.32 Å². The molecule has 1 amide bonds. The minimum Gasteiger partial charge on any atom is -0.394 e. The average Bonchev–Trinajstić information content (AvgIpc) is 3.27. The lowest BCUT2D eigenvalue weighted by atomic mass is 9.97. The Labute approximate surface area is 373 Å². The summed E-state index contributed by atoms with van der Waals surface area (Å²) in [5.74, 6) is -0.252. The first-order chi connectivity index (χ1) is 30.1. The van der Waals surface area contributed by atoms with Crippen molar-refractivity contribution in [2.45, 2.75) is 254 Å². The van der Waals surface area contributed by atoms with E-state index in [-0.39, 0.29) is 18.9 Å². The van der Waals surface area contributed by atoms with Crippen LogP contribution >= 0.6 is 0 Å². The van der Waals surface area contributed by atoms with Crippen LogP contribution in [0.4, 0.5) is 0 Å². The van der Waals surface area contributed by atoms with Crippen LogP contribution in [-0.2, 0) is 23.7 Å². The second-order valence-corrected chi connectivity index (χ2v) is 17.6. The van der Waals surface area contributed by atoms with Gasteiger partial charge in [-0.3, -0.25) is 4.79 Å². The van der Waals surface area contributed by atoms with Gasteiger partial charge in [-0.15, -0.1) is 0 Å². The Balaban J connectivity index is 1.75. The maximum atomic E-state index is 13.1. The fraction of sp³-hybridized carbons (Fsp3) is 0.896. The third-order valence-corrected chi connectivity index (χ3v) is 12.1. The third kappa shape index (κ3) is 23.1. The molecule has 2 saturated heterocycles. The lowest BCUT2D eigenvalue weighted by molar-refractivity contribution is -0.359. The summed E-state index contributed by atoms with van der Waals surface area (Å²) in [7, 11) is 0. The fourth-order valence-corrected chi connectivity index (χ4v) is 8.08. The van der Waals surface area contributed by atoms with E-state index in [4.69, 9.17) is 18.9 Å². The standard InChI is InChI=1S/C48H89NO13/c1-3-5-7-9-11-12-13-14-15-16-17-18-19-20-21-22-23-24-26-28-30-32-40(53)49-36(37(52)31-29-27-25-10-8-6-4-2)35-59-47-45(58)43(56)46(39(34-51)61-47)62-48-44(57)42(55)41(54)38(33-50)60-48/h8,10,29,31,36-39,41-48,50-52,54-58H,3-7,9,11-28,30,32-35H2,1-2H3,(H,49,53)/b10-8+,31-29+. The molecule has 2 fully saturated rings. The molecule has 62 heavy (non-hydrogen) atoms. The molecule has 2 aliphatic rings. The first kappa shape index (κ1) is 56.6. The highest BCUT2D eigenvalue weighted by Crippen LogP contribution is 2.30. The van der Waals surface area contributed by atoms with Gasteiger partial charge in [-0.25, -0.2) is 0 Å². The zero-order chi connectivity index (χ0) is 45.4. The number of unbranched alkanes of at least 4 members (excludes halogenated alkanes) is 22. The van der Waals surface area contributed by atoms with Crippen LogP contribution in [0.3, 0.4) is 0 Å². The molecule has 0 spiro atoms. The van der Waals surface area contributed by atoms with Gasteiger partial charge >= 0.3 is 0 Å². The molecule has 0 aliphatic carbocycles. The molecule has 0 aromatic heterocycles. The Kier molecular flexibility index (Phi) is 32.6. The summed E-state index contributed by atoms with van der Waals surface area (Å²) in [4.78, 5) is 13.1. The summed E-state index contributed by atoms with van der Waals surface area (Å²) in [5.41, 5.74) is 0. The fourth-order valence-electron chi connectivity index (χ4n) is 8.08. The average molecular weight is 888 g/mol. The smallest absolute Gasteiger partial charge is 0.220 e. The topological polar surface area (TPSA) is 228 Å². The van der Waals surface area contributed by atoms with Crippen molar-refractivity contribution in [2.75, 3.05) is 19.8 Å². The van der Waals surface area contributed by atoms with Gasteiger partial charge in [-0.05, 0) is 25.7 Å². The molecule has 2 aliphatic heterocycles. The van der Waals surface area contributed by atoms with Crippen molar-refractivity contribution in [1.29, 1.82) is 0 Å². The van der Waals surface area contributed by atoms with Gasteiger partial charge in [0.2, 0.25) is 5.91 Å². The van der Waals surface area contributed by atoms with Crippen molar-refractivity contribution >= 4 is 5.91 Å². The summed E-state index contributed by atoms with van der Waals surface area (Å²) in [5, 5.41) is 86.3. The van der Waals surface area contributed by atoms with E-state index in [1.807, 2.05) is 6.08 Å². The molecule has 0 bridgehead atoms. The molecule has 2 rings (SSSR count). The van der Waals surface area contributed by atoms with Crippen LogP contribution < -0.4 is 5.32 Å². The first-order valence-electron chi connectivity index (χ1n) is 24.6. The summed E-state index contributed by atoms with van der Waals surface area (Å²) in [6.07, 6.45) is 21.3. The zero-order valence-corrected chi connectivity index (χ0v) is 38.4. The Morgan fingerprint density at radius 2 is 1.03 bits per heavy atom. The van der Waals surface area contributed by atoms with Gasteiger partial charge in [0.15, 0.2) is 12.6 Å². The molecular formula is C48H89NO13. The summed E-state index contributed by atoms with van der Waals surface area (Å²) in [6, 6.07) is -0.923. The minimum atomic E-state index is -1.79. The largest absolute Gasteiger partial charge is 0.394 e. The van der Waals surface area contributed by atoms with Gasteiger partial charge < -0.3 is 65.1 Å². The number of hydrogen-bond donors (Lipinski definition) is 9. The van der Waals surface area contributed by atoms with Crippen LogP contribution in [0.25, 0.3) is 0 Å². The highest BCUT2D eigenvalue weighted by molar-refractivity contribution is 5.76. The van der Waals surface area contributed by atoms with Crippen LogP contribution in [0.2, 0.25) is 0 Å². The third-order valence-electron chi connectivity index (χ3n) is 12.1. The zero-order valence-electron chi connectivity index (χ0n) is 38.4. The maximum Gasteiger partial charge on any atom is 0.220 e. The van der Waals surface area contributed by atoms with Crippen molar-refractivity contribution in [2.24, 2.45) is 0 Å². The molecule has 0 aromatic rings. The SMILES string of the molecule is CCC/C=C/CC/C=C/C(O)C(COC1OC(CO)C(OC2OC(CO)C(O)C(O)C2O)C(O)C1O)NC(=O)CCCCCCCCCCCCCCCCCCCCCCC. The summed E-state index contributed by atoms with van der Waals surface area (Å²) >= 11 is 0. The number of nitrogens with one attached hydrogen (secondary N) is 1. The molecule has 14 heteroatoms. The summed E-state index contributed by atoms with van der Waals surface area (Å²) in [6.45, 7) is 2.65. The number of hydrogen-bond acceptors (Lipinski definition) is 13. The van der Waals surface area contributed by atoms with E-state index >= 15 is 0 Å². The Bertz CT molecular complexity index is 1140. The normalized spacial score (nSPS) is 27.9. The predicted molar refractivity (Wildman–Crippen MR) is 240 cm³/mol. The second-order valence-electron chi connectivity index (χ2n) is 17.6. The van der Waals surface area contributed by atoms with E-state index in [0.717, 1.165) is 38.5 Å². The van der Waals surface area contributed by atoms with Gasteiger partial charge in [-0.2, -0.15) is 0 Å². The number of ether oxygens (including phenoxy) is 4. The van der Waals surface area contributed by atoms with Gasteiger partial charge in [0.1, 0.15) is 48.8 Å². The van der Waals surface area contributed by atoms with E-state index < -0.39 is 86.8 Å². The van der Waals surface area contributed by atoms with Crippen LogP contribution in [-0.4, -0.2) is 140 Å². The van der Waals surface area contributed by atoms with Gasteiger partial charge in [0, 0.05) is 6.42 Å². The highest BCUT2D eigenvalue weighted by Gasteiger charge is 2.51. The lowest BCUT2D eigenvalue weighted by Gasteiger charge is -2.46. The molecule has 14 nitrogen and oxygen atoms in total. The van der Waals surface area contributed by atoms with E-state index in [0.29, 0.717) is 12.8 Å². The van der Waals surface area contributed by atoms with Crippen LogP contribution in [0.1, 0.15) is 181 Å². The van der Waals surface area contributed by atoms with Crippen LogP contribution in [0.5, 0.6) is 0 Å². The Morgan fingerprint density at radius 3 is 1.55 bits per heavy atom. The Morgan fingerprint density at radius 1 is 0.565 bits per heavy atom. The van der Waals surface area contributed by atoms with Crippen molar-refractivity contribution in [3.8, 4) is 0 Å². The number of rotatable bonds is 37. The monoisotopic (exact) mass is 888 g/mol. The Hall–Kier alpha value is -1.53. The molecule has 2 heterocycles. The molecular weight excluding hydrogens is 799 g/mol. The number of carbonyl (C=O) groups excluding carboxylic acids is 1. The van der Waals surface area contributed by atoms with Crippen molar-refractivity contribution in [3.63, 3.8) is 0 Å². The molecule has 0 aromatic carbocycles. The quantitative estimate of drug-likeness (QED) is 0.0267. The van der Waals surface area contributed by atoms with E-state index in [1.165, 1.54) is 109 Å².